The first-order valence-corrected chi connectivity index (χ1v) is 46.9. The normalized spacial score (nSPS) is 12.8. The van der Waals surface area contributed by atoms with Crippen molar-refractivity contribution in [1.82, 2.24) is 0 Å². The fourth-order valence-corrected chi connectivity index (χ4v) is 20.2. The minimum atomic E-state index is -0.579. The maximum absolute atomic E-state index is 8.75. The molecule has 128 heavy (non-hydrogen) atoms. The molecule has 0 amide bonds. The van der Waals surface area contributed by atoms with Crippen LogP contribution >= 0.6 is 0 Å². The van der Waals surface area contributed by atoms with Crippen LogP contribution in [0, 0.1) is 27.7 Å². The fraction of sp³-hybridized carbons (Fsp3) is 0.391. The van der Waals surface area contributed by atoms with Crippen LogP contribution in [0.25, 0.3) is 55.6 Å². The van der Waals surface area contributed by atoms with E-state index in [9.17, 15) is 0 Å². The monoisotopic (exact) mass is 1750 g/mol. The molecule has 0 heterocycles. The maximum Gasteiger partial charge on any atom is 0.269 e. The molecule has 3 nitrogen and oxygen atoms in total. The summed E-state index contributed by atoms with van der Waals surface area (Å²) >= 11 is 0. The molecule has 0 bridgehead atoms. The summed E-state index contributed by atoms with van der Waals surface area (Å²) in [6.45, 7) is 31.5. The molecule has 3 radical (unpaired) electrons. The molecule has 0 fully saturated rings. The molecule has 0 saturated carbocycles. The third-order valence-corrected chi connectivity index (χ3v) is 26.9. The van der Waals surface area contributed by atoms with Gasteiger partial charge in [0.2, 0.25) is 0 Å². The number of benzene rings is 11. The number of ether oxygens (including phenoxy) is 2. The molecule has 0 aromatic heterocycles. The van der Waals surface area contributed by atoms with Gasteiger partial charge < -0.3 is 14.4 Å². The van der Waals surface area contributed by atoms with Gasteiger partial charge in [-0.2, -0.15) is 0 Å². The minimum Gasteiger partial charge on any atom is -0.490 e. The average Bonchev–Trinajstić information content (AvgIpc) is 1.54. The van der Waals surface area contributed by atoms with Gasteiger partial charge in [0, 0.05) is 72.9 Å². The van der Waals surface area contributed by atoms with Gasteiger partial charge in [-0.25, -0.2) is 0 Å². The summed E-state index contributed by atoms with van der Waals surface area (Å²) in [7, 11) is 0. The fourth-order valence-electron chi connectivity index (χ4n) is 20.2. The summed E-state index contributed by atoms with van der Waals surface area (Å²) in [5.41, 5.74) is 34.6. The molecule has 0 N–H and O–H groups in total. The van der Waals surface area contributed by atoms with E-state index in [0.29, 0.717) is 19.1 Å². The van der Waals surface area contributed by atoms with Crippen molar-refractivity contribution in [2.24, 2.45) is 0 Å². The Morgan fingerprint density at radius 2 is 0.578 bits per heavy atom. The number of hydrogen-bond donors (Lipinski definition) is 0. The molecule has 0 spiro atoms. The minimum absolute atomic E-state index is 0. The van der Waals surface area contributed by atoms with E-state index in [1.165, 1.54) is 303 Å². The summed E-state index contributed by atoms with van der Waals surface area (Å²) in [5.74, 6) is 2.23. The lowest BCUT2D eigenvalue weighted by Crippen LogP contribution is -2.28. The molecule has 3 aliphatic rings. The van der Waals surface area contributed by atoms with Crippen molar-refractivity contribution in [1.29, 1.82) is 1.45 Å². The number of rotatable bonds is 43. The molecule has 1 unspecified atom stereocenters. The molecule has 681 valence electrons. The van der Waals surface area contributed by atoms with Crippen molar-refractivity contribution in [3.8, 4) is 67.1 Å². The van der Waals surface area contributed by atoms with Crippen molar-refractivity contribution in [2.45, 2.75) is 278 Å². The van der Waals surface area contributed by atoms with Crippen LogP contribution < -0.4 is 14.4 Å². The largest absolute Gasteiger partial charge is 0.490 e. The van der Waals surface area contributed by atoms with Crippen molar-refractivity contribution in [2.75, 3.05) is 18.1 Å². The van der Waals surface area contributed by atoms with Crippen LogP contribution in [0.1, 0.15) is 306 Å². The lowest BCUT2D eigenvalue weighted by Gasteiger charge is -2.34. The van der Waals surface area contributed by atoms with Crippen molar-refractivity contribution >= 4 is 25.5 Å². The van der Waals surface area contributed by atoms with Gasteiger partial charge in [0.1, 0.15) is 24.7 Å². The molecule has 11 aromatic rings. The first kappa shape index (κ1) is 103. The molecule has 3 aliphatic carbocycles. The molecular formula is C115H138BF9NO2. The number of nitrogens with zero attached hydrogens (tertiary/aromatic N) is 1. The second-order valence-electron chi connectivity index (χ2n) is 35.3. The third kappa shape index (κ3) is 24.8. The predicted molar refractivity (Wildman–Crippen MR) is 526 cm³/mol. The Morgan fingerprint density at radius 3 is 0.914 bits per heavy atom. The number of anilines is 3. The highest BCUT2D eigenvalue weighted by Gasteiger charge is 2.48. The lowest BCUT2D eigenvalue weighted by atomic mass is 9.67. The van der Waals surface area contributed by atoms with E-state index in [4.69, 9.17) is 50.8 Å². The van der Waals surface area contributed by atoms with Crippen LogP contribution in [-0.2, 0) is 16.2 Å². The Hall–Kier alpha value is -10.3. The second kappa shape index (κ2) is 53.6. The van der Waals surface area contributed by atoms with Gasteiger partial charge in [0.25, 0.3) is 1.45 Å². The van der Waals surface area contributed by atoms with Crippen LogP contribution in [0.4, 0.5) is 58.4 Å². The number of halogens is 9. The van der Waals surface area contributed by atoms with Crippen LogP contribution in [0.3, 0.4) is 0 Å². The highest BCUT2D eigenvalue weighted by atomic mass is 20.0. The molecule has 0 saturated heterocycles. The van der Waals surface area contributed by atoms with Gasteiger partial charge in [-0.05, 0) is 250 Å². The highest BCUT2D eigenvalue weighted by Crippen LogP contribution is 2.60. The summed E-state index contributed by atoms with van der Waals surface area (Å²) in [4.78, 5) is 2.40. The number of hydrogen-bond acceptors (Lipinski definition) is 3. The van der Waals surface area contributed by atoms with E-state index in [1.807, 2.05) is 0 Å². The average molecular weight is 1750 g/mol. The van der Waals surface area contributed by atoms with E-state index in [0.717, 1.165) is 17.9 Å². The number of fused-ring (bicyclic) bond motifs is 9. The standard InChI is InChI=1S/C62H70O2.C53H67N.B.4F2.FH/c1-7-11-13-15-17-19-37-61(38-20-18-16-14-12-8-2)57-41-45(5)21-33-53(57)54-35-23-47(43-58(54)61)48-24-36-56-55-34-22-46(6)42-59(55)62(60(56)44-48,49-25-29-51(30-26-49)63-39-9-3)50-27-31-52(32-28-50)64-40-10-4;1-7-10-12-14-16-18-36-53(37-19-17-15-13-11-8-2)51-38-41(5)22-34-49(51)50-35-27-45(39-52(50)53)44-25-32-48(33-26-44)54(46-28-20-40(4)21-29-46)47-30-23-43(24-31-47)42(6)9-3;;4*1-2;/h9-10,21-36,41-44H,3-4,7-8,11-20,37-40H2,1-2,5-6H3;20-35,38-39,42H,7-19,36-37H2,1-6H3;;;;;;1H/i/hT. The zero-order valence-electron chi connectivity index (χ0n) is 78.7. The Labute approximate surface area is 764 Å². The first-order valence-electron chi connectivity index (χ1n) is 47.2. The van der Waals surface area contributed by atoms with Crippen molar-refractivity contribution in [3.63, 3.8) is 0 Å². The van der Waals surface area contributed by atoms with Gasteiger partial charge in [-0.15, -0.1) is 0 Å². The summed E-state index contributed by atoms with van der Waals surface area (Å²) in [6, 6.07) is 88.9. The third-order valence-electron chi connectivity index (χ3n) is 26.9. The van der Waals surface area contributed by atoms with Gasteiger partial charge >= 0.3 is 0 Å². The van der Waals surface area contributed by atoms with Gasteiger partial charge in [-0.3, -0.25) is 4.72 Å². The van der Waals surface area contributed by atoms with Crippen LogP contribution in [-0.4, -0.2) is 23.1 Å². The summed E-state index contributed by atoms with van der Waals surface area (Å²) in [5, 5.41) is 0. The van der Waals surface area contributed by atoms with Crippen molar-refractivity contribution < 1.29 is 50.8 Å². The highest BCUT2D eigenvalue weighted by molar-refractivity contribution is 5.91. The summed E-state index contributed by atoms with van der Waals surface area (Å²) in [6.07, 6.45) is 41.6. The SMILES string of the molecule is C=CCOc1ccc(C2(c3ccc(OCC=C)cc3)c3cc(C)ccc3-c3ccc(-c4ccc5c(c4)C(CCCCCCCC)(CCCCCCCC)c4cc(C)ccc4-5)cc32)cc1.CCCCCCCCC1(CCCCCCCC)c2cc(C)ccc2-c2ccc(-c3ccc(N(c4ccc(C)cc4)c4ccc(C(C)CC)cc4)cc3)cc21.FF.FF.FF.FF.[3H]F.[B]. The van der Waals surface area contributed by atoms with Gasteiger partial charge in [0.15, 0.2) is 0 Å². The smallest absolute Gasteiger partial charge is 0.269 e. The van der Waals surface area contributed by atoms with E-state index < -0.39 is 5.41 Å². The molecular weight excluding hydrogens is 1610 g/mol. The van der Waals surface area contributed by atoms with E-state index in [2.05, 4.69) is 319 Å². The number of unbranched alkanes of at least 4 members (excludes halogenated alkanes) is 20. The summed E-state index contributed by atoms with van der Waals surface area (Å²) < 4.78 is 89.1. The molecule has 1 atom stereocenters. The van der Waals surface area contributed by atoms with E-state index in [-0.39, 0.29) is 19.2 Å². The topological polar surface area (TPSA) is 21.7 Å². The van der Waals surface area contributed by atoms with Crippen molar-refractivity contribution in [3.05, 3.63) is 328 Å². The quantitative estimate of drug-likeness (QED) is 0.0165. The number of aryl methyl sites for hydroxylation is 4. The van der Waals surface area contributed by atoms with E-state index >= 15 is 0 Å². The predicted octanol–water partition coefficient (Wildman–Crippen LogP) is 37.1. The lowest BCUT2D eigenvalue weighted by molar-refractivity contribution is 0.108. The molecule has 14 rings (SSSR count). The van der Waals surface area contributed by atoms with Crippen LogP contribution in [0.5, 0.6) is 11.5 Å². The zero-order chi connectivity index (χ0) is 92.4. The Bertz CT molecular complexity index is 5050. The van der Waals surface area contributed by atoms with Crippen LogP contribution in [0.2, 0.25) is 0 Å². The Balaban J connectivity index is 0.000000324. The zero-order valence-corrected chi connectivity index (χ0v) is 77.7. The Morgan fingerprint density at radius 1 is 0.320 bits per heavy atom. The first-order chi connectivity index (χ1) is 62.7. The van der Waals surface area contributed by atoms with E-state index in [1.54, 1.807) is 34.4 Å². The Kier molecular flexibility index (Phi) is 43.2. The molecule has 11 aromatic carbocycles. The van der Waals surface area contributed by atoms with Crippen LogP contribution in [0.15, 0.2) is 256 Å². The second-order valence-corrected chi connectivity index (χ2v) is 35.3. The molecule has 0 aliphatic heterocycles. The van der Waals surface area contributed by atoms with Gasteiger partial charge in [-0.1, -0.05) is 395 Å². The van der Waals surface area contributed by atoms with Gasteiger partial charge in [0.05, 0.1) is 5.41 Å². The molecule has 13 heteroatoms. The maximum atomic E-state index is 8.75.